The predicted octanol–water partition coefficient (Wildman–Crippen LogP) is 4.57. The summed E-state index contributed by atoms with van der Waals surface area (Å²) in [5.74, 6) is 1.95. The average molecular weight is 466 g/mol. The van der Waals surface area contributed by atoms with Crippen LogP contribution in [0.3, 0.4) is 0 Å². The highest BCUT2D eigenvalue weighted by Crippen LogP contribution is 2.26. The van der Waals surface area contributed by atoms with Gasteiger partial charge in [0.05, 0.1) is 10.7 Å². The Labute approximate surface area is 184 Å². The van der Waals surface area contributed by atoms with Crippen LogP contribution < -0.4 is 10.2 Å². The highest BCUT2D eigenvalue weighted by Gasteiger charge is 2.16. The second-order valence-corrected chi connectivity index (χ2v) is 7.87. The molecule has 1 saturated heterocycles. The number of pyridine rings is 2. The quantitative estimate of drug-likeness (QED) is 0.475. The standard InChI is InChI=1S/C17H19BrN6.C5H5N/c18-14-12-21-24-15(20-11-13-5-4-6-19-10-13)9-16(22-17(14)24)23-7-2-1-3-8-23;1-2-4-6-5-3-1/h4-6,9-10,12,20H,1-3,7-8,11H2;1-5H. The molecule has 154 valence electrons. The highest BCUT2D eigenvalue weighted by atomic mass is 79.9. The lowest BCUT2D eigenvalue weighted by atomic mass is 10.1. The molecule has 0 aromatic carbocycles. The lowest BCUT2D eigenvalue weighted by Gasteiger charge is -2.28. The third-order valence-corrected chi connectivity index (χ3v) is 5.42. The number of nitrogens with one attached hydrogen (secondary N) is 1. The lowest BCUT2D eigenvalue weighted by Crippen LogP contribution is -2.30. The Morgan fingerprint density at radius 1 is 0.933 bits per heavy atom. The van der Waals surface area contributed by atoms with E-state index in [1.165, 1.54) is 19.3 Å². The Bertz CT molecular complexity index is 1020. The van der Waals surface area contributed by atoms with Crippen molar-refractivity contribution >= 4 is 33.2 Å². The summed E-state index contributed by atoms with van der Waals surface area (Å²) in [7, 11) is 0. The Hall–Kier alpha value is -3.00. The Balaban J connectivity index is 0.000000313. The van der Waals surface area contributed by atoms with Crippen LogP contribution in [0.15, 0.2) is 71.9 Å². The summed E-state index contributed by atoms with van der Waals surface area (Å²) in [6, 6.07) is 11.8. The molecule has 0 radical (unpaired) electrons. The largest absolute Gasteiger partial charge is 0.366 e. The zero-order valence-corrected chi connectivity index (χ0v) is 18.2. The van der Waals surface area contributed by atoms with Crippen molar-refractivity contribution in [1.82, 2.24) is 24.6 Å². The molecule has 1 fully saturated rings. The van der Waals surface area contributed by atoms with Crippen LogP contribution in [0.1, 0.15) is 24.8 Å². The summed E-state index contributed by atoms with van der Waals surface area (Å²) in [4.78, 5) is 15.1. The molecule has 0 amide bonds. The Morgan fingerprint density at radius 2 is 1.73 bits per heavy atom. The van der Waals surface area contributed by atoms with Gasteiger partial charge in [-0.05, 0) is 59.0 Å². The number of hydrogen-bond acceptors (Lipinski definition) is 6. The molecule has 1 aliphatic heterocycles. The molecule has 4 aromatic heterocycles. The van der Waals surface area contributed by atoms with E-state index in [-0.39, 0.29) is 0 Å². The van der Waals surface area contributed by atoms with E-state index in [0.29, 0.717) is 6.54 Å². The van der Waals surface area contributed by atoms with Crippen LogP contribution in [0.2, 0.25) is 0 Å². The molecular formula is C22H24BrN7. The number of hydrogen-bond donors (Lipinski definition) is 1. The second-order valence-electron chi connectivity index (χ2n) is 7.01. The molecule has 7 nitrogen and oxygen atoms in total. The Morgan fingerprint density at radius 3 is 2.40 bits per heavy atom. The van der Waals surface area contributed by atoms with E-state index < -0.39 is 0 Å². The molecule has 0 spiro atoms. The molecule has 4 aromatic rings. The fourth-order valence-electron chi connectivity index (χ4n) is 3.34. The molecule has 0 atom stereocenters. The van der Waals surface area contributed by atoms with Gasteiger partial charge in [-0.25, -0.2) is 4.98 Å². The van der Waals surface area contributed by atoms with E-state index in [1.54, 1.807) is 24.8 Å². The third-order valence-electron chi connectivity index (χ3n) is 4.86. The molecule has 5 heterocycles. The van der Waals surface area contributed by atoms with Crippen LogP contribution in [-0.2, 0) is 6.54 Å². The van der Waals surface area contributed by atoms with Crippen molar-refractivity contribution in [3.8, 4) is 0 Å². The number of aromatic nitrogens is 5. The fourth-order valence-corrected chi connectivity index (χ4v) is 3.69. The first kappa shape index (κ1) is 20.3. The molecule has 0 unspecified atom stereocenters. The Kier molecular flexibility index (Phi) is 6.87. The zero-order valence-electron chi connectivity index (χ0n) is 16.7. The summed E-state index contributed by atoms with van der Waals surface area (Å²) >= 11 is 3.55. The van der Waals surface area contributed by atoms with Gasteiger partial charge in [0.1, 0.15) is 11.6 Å². The topological polar surface area (TPSA) is 71.2 Å². The van der Waals surface area contributed by atoms with Crippen molar-refractivity contribution in [2.45, 2.75) is 25.8 Å². The van der Waals surface area contributed by atoms with Crippen molar-refractivity contribution < 1.29 is 0 Å². The molecule has 0 saturated carbocycles. The number of nitrogens with zero attached hydrogens (tertiary/aromatic N) is 6. The molecular weight excluding hydrogens is 442 g/mol. The van der Waals surface area contributed by atoms with Gasteiger partial charge in [0.15, 0.2) is 5.65 Å². The maximum atomic E-state index is 4.80. The van der Waals surface area contributed by atoms with Gasteiger partial charge in [0, 0.05) is 50.5 Å². The van der Waals surface area contributed by atoms with Crippen LogP contribution in [0, 0.1) is 0 Å². The highest BCUT2D eigenvalue weighted by molar-refractivity contribution is 9.10. The molecule has 8 heteroatoms. The van der Waals surface area contributed by atoms with Crippen molar-refractivity contribution in [2.24, 2.45) is 0 Å². The first-order valence-corrected chi connectivity index (χ1v) is 10.9. The minimum Gasteiger partial charge on any atom is -0.366 e. The van der Waals surface area contributed by atoms with Crippen molar-refractivity contribution in [3.63, 3.8) is 0 Å². The number of halogens is 1. The van der Waals surface area contributed by atoms with Gasteiger partial charge in [0.25, 0.3) is 0 Å². The van der Waals surface area contributed by atoms with E-state index >= 15 is 0 Å². The summed E-state index contributed by atoms with van der Waals surface area (Å²) in [6.07, 6.45) is 12.7. The SMILES string of the molecule is Brc1cnn2c(NCc3cccnc3)cc(N3CCCCC3)nc12.c1ccncc1. The van der Waals surface area contributed by atoms with Gasteiger partial charge in [-0.15, -0.1) is 0 Å². The maximum Gasteiger partial charge on any atom is 0.173 e. The summed E-state index contributed by atoms with van der Waals surface area (Å²) in [6.45, 7) is 2.83. The van der Waals surface area contributed by atoms with Crippen LogP contribution in [0.5, 0.6) is 0 Å². The number of rotatable bonds is 4. The van der Waals surface area contributed by atoms with Gasteiger partial charge < -0.3 is 10.2 Å². The lowest BCUT2D eigenvalue weighted by molar-refractivity contribution is 0.573. The summed E-state index contributed by atoms with van der Waals surface area (Å²) in [5, 5.41) is 7.90. The molecule has 30 heavy (non-hydrogen) atoms. The number of fused-ring (bicyclic) bond motifs is 1. The molecule has 0 aliphatic carbocycles. The van der Waals surface area contributed by atoms with Gasteiger partial charge in [-0.1, -0.05) is 12.1 Å². The van der Waals surface area contributed by atoms with E-state index in [1.807, 2.05) is 35.0 Å². The van der Waals surface area contributed by atoms with Crippen LogP contribution in [0.4, 0.5) is 11.6 Å². The van der Waals surface area contributed by atoms with Gasteiger partial charge >= 0.3 is 0 Å². The number of anilines is 2. The molecule has 5 rings (SSSR count). The van der Waals surface area contributed by atoms with Crippen molar-refractivity contribution in [2.75, 3.05) is 23.3 Å². The van der Waals surface area contributed by atoms with Gasteiger partial charge in [0.2, 0.25) is 0 Å². The van der Waals surface area contributed by atoms with Gasteiger partial charge in [-0.3, -0.25) is 9.97 Å². The van der Waals surface area contributed by atoms with E-state index in [2.05, 4.69) is 53.3 Å². The maximum absolute atomic E-state index is 4.80. The molecule has 0 bridgehead atoms. The monoisotopic (exact) mass is 465 g/mol. The van der Waals surface area contributed by atoms with Crippen molar-refractivity contribution in [3.05, 3.63) is 77.4 Å². The van der Waals surface area contributed by atoms with E-state index in [0.717, 1.165) is 40.4 Å². The normalized spacial score (nSPS) is 13.6. The smallest absolute Gasteiger partial charge is 0.173 e. The number of piperidine rings is 1. The summed E-state index contributed by atoms with van der Waals surface area (Å²) in [5.41, 5.74) is 1.97. The van der Waals surface area contributed by atoms with Crippen LogP contribution >= 0.6 is 15.9 Å². The molecule has 1 aliphatic rings. The second kappa shape index (κ2) is 10.2. The fraction of sp³-hybridized carbons (Fsp3) is 0.273. The minimum absolute atomic E-state index is 0.698. The van der Waals surface area contributed by atoms with Crippen LogP contribution in [-0.4, -0.2) is 37.7 Å². The average Bonchev–Trinajstić information content (AvgIpc) is 3.21. The first-order chi connectivity index (χ1) is 14.8. The molecule has 1 N–H and O–H groups in total. The first-order valence-electron chi connectivity index (χ1n) is 10.1. The summed E-state index contributed by atoms with van der Waals surface area (Å²) < 4.78 is 2.75. The van der Waals surface area contributed by atoms with Crippen molar-refractivity contribution in [1.29, 1.82) is 0 Å². The van der Waals surface area contributed by atoms with Crippen LogP contribution in [0.25, 0.3) is 5.65 Å². The van der Waals surface area contributed by atoms with Gasteiger partial charge in [-0.2, -0.15) is 9.61 Å². The zero-order chi connectivity index (χ0) is 20.6. The third kappa shape index (κ3) is 5.13. The predicted molar refractivity (Wildman–Crippen MR) is 123 cm³/mol. The van der Waals surface area contributed by atoms with E-state index in [9.17, 15) is 0 Å². The van der Waals surface area contributed by atoms with E-state index in [4.69, 9.17) is 4.98 Å². The minimum atomic E-state index is 0.698.